The monoisotopic (exact) mass is 317 g/mol. The molecule has 124 valence electrons. The maximum Gasteiger partial charge on any atom is 0.409 e. The van der Waals surface area contributed by atoms with Crippen LogP contribution in [0, 0.1) is 0 Å². The molecule has 23 heavy (non-hydrogen) atoms. The predicted octanol–water partition coefficient (Wildman–Crippen LogP) is 1.39. The molecular formula is C17H23N3O3. The Balaban J connectivity index is 1.62. The molecule has 6 heteroatoms. The number of carbonyl (C=O) groups is 2. The second-order valence-corrected chi connectivity index (χ2v) is 5.97. The summed E-state index contributed by atoms with van der Waals surface area (Å²) in [6, 6.07) is 10.3. The molecule has 2 aliphatic heterocycles. The van der Waals surface area contributed by atoms with Gasteiger partial charge in [0.15, 0.2) is 0 Å². The standard InChI is InChI=1S/C17H23N3O3/c21-16-13-15(14-5-2-1-3-6-14)19(10-7-18-16)8-4-9-20-11-12-23-17(20)22/h1-3,5-6,15H,4,7-13H2,(H,18,21). The van der Waals surface area contributed by atoms with Gasteiger partial charge < -0.3 is 15.0 Å². The molecule has 0 radical (unpaired) electrons. The van der Waals surface area contributed by atoms with Gasteiger partial charge in [0.1, 0.15) is 6.61 Å². The minimum atomic E-state index is -0.211. The number of nitrogens with one attached hydrogen (secondary N) is 1. The van der Waals surface area contributed by atoms with Gasteiger partial charge in [-0.2, -0.15) is 0 Å². The summed E-state index contributed by atoms with van der Waals surface area (Å²) in [6.07, 6.45) is 1.15. The Morgan fingerprint density at radius 1 is 1.13 bits per heavy atom. The van der Waals surface area contributed by atoms with Gasteiger partial charge in [-0.3, -0.25) is 9.69 Å². The Labute approximate surface area is 136 Å². The van der Waals surface area contributed by atoms with Crippen LogP contribution >= 0.6 is 0 Å². The maximum atomic E-state index is 11.9. The van der Waals surface area contributed by atoms with E-state index in [1.807, 2.05) is 18.2 Å². The minimum Gasteiger partial charge on any atom is -0.448 e. The van der Waals surface area contributed by atoms with E-state index in [-0.39, 0.29) is 18.0 Å². The van der Waals surface area contributed by atoms with E-state index in [9.17, 15) is 9.59 Å². The first kappa shape index (κ1) is 15.8. The van der Waals surface area contributed by atoms with E-state index in [1.54, 1.807) is 4.90 Å². The average molecular weight is 317 g/mol. The van der Waals surface area contributed by atoms with Crippen molar-refractivity contribution in [1.82, 2.24) is 15.1 Å². The quantitative estimate of drug-likeness (QED) is 0.891. The summed E-state index contributed by atoms with van der Waals surface area (Å²) in [5, 5.41) is 2.95. The molecule has 2 fully saturated rings. The SMILES string of the molecule is O=C1CC(c2ccccc2)N(CCCN2CCOC2=O)CCN1. The van der Waals surface area contributed by atoms with Gasteiger partial charge in [0.2, 0.25) is 5.91 Å². The third kappa shape index (κ3) is 4.01. The van der Waals surface area contributed by atoms with Crippen molar-refractivity contribution in [3.05, 3.63) is 35.9 Å². The predicted molar refractivity (Wildman–Crippen MR) is 85.9 cm³/mol. The van der Waals surface area contributed by atoms with Crippen LogP contribution in [0.15, 0.2) is 30.3 Å². The molecule has 2 amide bonds. The van der Waals surface area contributed by atoms with E-state index in [1.165, 1.54) is 5.56 Å². The van der Waals surface area contributed by atoms with Crippen LogP contribution in [0.4, 0.5) is 4.79 Å². The number of benzene rings is 1. The Bertz CT molecular complexity index is 549. The molecule has 0 aliphatic carbocycles. The fourth-order valence-electron chi connectivity index (χ4n) is 3.24. The lowest BCUT2D eigenvalue weighted by Gasteiger charge is -2.29. The third-order valence-electron chi connectivity index (χ3n) is 4.44. The molecule has 3 rings (SSSR count). The molecule has 0 saturated carbocycles. The molecule has 0 aromatic heterocycles. The van der Waals surface area contributed by atoms with E-state index in [0.717, 1.165) is 19.5 Å². The van der Waals surface area contributed by atoms with Gasteiger partial charge in [0, 0.05) is 38.6 Å². The van der Waals surface area contributed by atoms with Crippen LogP contribution in [0.25, 0.3) is 0 Å². The van der Waals surface area contributed by atoms with Crippen LogP contribution in [0.1, 0.15) is 24.4 Å². The fraction of sp³-hybridized carbons (Fsp3) is 0.529. The average Bonchev–Trinajstić information content (AvgIpc) is 2.87. The zero-order valence-electron chi connectivity index (χ0n) is 13.2. The molecule has 1 aromatic rings. The number of carbonyl (C=O) groups excluding carboxylic acids is 2. The molecular weight excluding hydrogens is 294 g/mol. The highest BCUT2D eigenvalue weighted by Gasteiger charge is 2.27. The summed E-state index contributed by atoms with van der Waals surface area (Å²) in [5.74, 6) is 0.101. The smallest absolute Gasteiger partial charge is 0.409 e. The van der Waals surface area contributed by atoms with Crippen molar-refractivity contribution in [1.29, 1.82) is 0 Å². The Kier molecular flexibility index (Phi) is 5.12. The molecule has 1 atom stereocenters. The largest absolute Gasteiger partial charge is 0.448 e. The van der Waals surface area contributed by atoms with Crippen LogP contribution in [0.2, 0.25) is 0 Å². The molecule has 6 nitrogen and oxygen atoms in total. The molecule has 1 unspecified atom stereocenters. The Morgan fingerprint density at radius 3 is 2.70 bits per heavy atom. The highest BCUT2D eigenvalue weighted by molar-refractivity contribution is 5.77. The van der Waals surface area contributed by atoms with Gasteiger partial charge in [-0.05, 0) is 12.0 Å². The van der Waals surface area contributed by atoms with Gasteiger partial charge in [0.25, 0.3) is 0 Å². The van der Waals surface area contributed by atoms with Gasteiger partial charge in [-0.25, -0.2) is 4.79 Å². The van der Waals surface area contributed by atoms with E-state index < -0.39 is 0 Å². The van der Waals surface area contributed by atoms with Gasteiger partial charge in [-0.1, -0.05) is 30.3 Å². The number of amides is 2. The van der Waals surface area contributed by atoms with E-state index in [4.69, 9.17) is 4.74 Å². The van der Waals surface area contributed by atoms with Gasteiger partial charge in [0.05, 0.1) is 6.54 Å². The summed E-state index contributed by atoms with van der Waals surface area (Å²) in [7, 11) is 0. The summed E-state index contributed by atoms with van der Waals surface area (Å²) in [5.41, 5.74) is 1.17. The fourth-order valence-corrected chi connectivity index (χ4v) is 3.24. The van der Waals surface area contributed by atoms with Crippen LogP contribution in [-0.4, -0.2) is 61.1 Å². The Morgan fingerprint density at radius 2 is 1.96 bits per heavy atom. The molecule has 2 saturated heterocycles. The van der Waals surface area contributed by atoms with Crippen LogP contribution in [-0.2, 0) is 9.53 Å². The molecule has 1 N–H and O–H groups in total. The molecule has 2 heterocycles. The number of hydrogen-bond acceptors (Lipinski definition) is 4. The zero-order chi connectivity index (χ0) is 16.1. The molecule has 0 spiro atoms. The first-order valence-electron chi connectivity index (χ1n) is 8.21. The molecule has 0 bridgehead atoms. The van der Waals surface area contributed by atoms with Crippen molar-refractivity contribution in [3.8, 4) is 0 Å². The lowest BCUT2D eigenvalue weighted by Crippen LogP contribution is -2.34. The summed E-state index contributed by atoms with van der Waals surface area (Å²) >= 11 is 0. The summed E-state index contributed by atoms with van der Waals surface area (Å²) < 4.78 is 4.95. The number of hydrogen-bond donors (Lipinski definition) is 1. The zero-order valence-corrected chi connectivity index (χ0v) is 13.2. The van der Waals surface area contributed by atoms with E-state index in [0.29, 0.717) is 32.7 Å². The minimum absolute atomic E-state index is 0.101. The molecule has 1 aromatic carbocycles. The van der Waals surface area contributed by atoms with E-state index in [2.05, 4.69) is 22.3 Å². The second kappa shape index (κ2) is 7.46. The first-order chi connectivity index (χ1) is 11.2. The molecule has 2 aliphatic rings. The first-order valence-corrected chi connectivity index (χ1v) is 8.21. The number of cyclic esters (lactones) is 1. The second-order valence-electron chi connectivity index (χ2n) is 5.97. The van der Waals surface area contributed by atoms with E-state index >= 15 is 0 Å². The van der Waals surface area contributed by atoms with Crippen molar-refractivity contribution < 1.29 is 14.3 Å². The summed E-state index contributed by atoms with van der Waals surface area (Å²) in [4.78, 5) is 27.5. The highest BCUT2D eigenvalue weighted by atomic mass is 16.6. The normalized spacial score (nSPS) is 22.6. The number of rotatable bonds is 5. The summed E-state index contributed by atoms with van der Waals surface area (Å²) in [6.45, 7) is 4.24. The number of ether oxygens (including phenoxy) is 1. The lowest BCUT2D eigenvalue weighted by atomic mass is 10.0. The van der Waals surface area contributed by atoms with Crippen LogP contribution < -0.4 is 5.32 Å². The number of nitrogens with zero attached hydrogens (tertiary/aromatic N) is 2. The van der Waals surface area contributed by atoms with Gasteiger partial charge in [-0.15, -0.1) is 0 Å². The van der Waals surface area contributed by atoms with Gasteiger partial charge >= 0.3 is 6.09 Å². The Hall–Kier alpha value is -2.08. The topological polar surface area (TPSA) is 61.9 Å². The highest BCUT2D eigenvalue weighted by Crippen LogP contribution is 2.25. The maximum absolute atomic E-state index is 11.9. The van der Waals surface area contributed by atoms with Crippen LogP contribution in [0.3, 0.4) is 0 Å². The van der Waals surface area contributed by atoms with Crippen molar-refractivity contribution in [2.45, 2.75) is 18.9 Å². The van der Waals surface area contributed by atoms with Crippen LogP contribution in [0.5, 0.6) is 0 Å². The van der Waals surface area contributed by atoms with Crippen molar-refractivity contribution >= 4 is 12.0 Å². The third-order valence-corrected chi connectivity index (χ3v) is 4.44. The van der Waals surface area contributed by atoms with Crippen molar-refractivity contribution in [2.75, 3.05) is 39.3 Å². The van der Waals surface area contributed by atoms with Crippen molar-refractivity contribution in [2.24, 2.45) is 0 Å². The van der Waals surface area contributed by atoms with Crippen molar-refractivity contribution in [3.63, 3.8) is 0 Å². The lowest BCUT2D eigenvalue weighted by molar-refractivity contribution is -0.121.